The van der Waals surface area contributed by atoms with Crippen molar-refractivity contribution >= 4 is 28.9 Å². The molecule has 0 aliphatic carbocycles. The van der Waals surface area contributed by atoms with Crippen LogP contribution in [0, 0.1) is 18.8 Å². The van der Waals surface area contributed by atoms with Crippen molar-refractivity contribution in [1.29, 1.82) is 0 Å². The summed E-state index contributed by atoms with van der Waals surface area (Å²) in [6.45, 7) is 3.26. The van der Waals surface area contributed by atoms with Crippen LogP contribution in [0.2, 0.25) is 10.2 Å². The fraction of sp³-hybridized carbons (Fsp3) is 0.133. The normalized spacial score (nSPS) is 10.5. The van der Waals surface area contributed by atoms with Crippen LogP contribution in [0.5, 0.6) is 11.5 Å². The van der Waals surface area contributed by atoms with Crippen molar-refractivity contribution in [1.82, 2.24) is 10.1 Å². The van der Waals surface area contributed by atoms with Gasteiger partial charge in [-0.3, -0.25) is 5.21 Å². The molecule has 12 heteroatoms. The number of phenols is 2. The summed E-state index contributed by atoms with van der Waals surface area (Å²) in [6, 6.07) is 2.30. The Hall–Kier alpha value is -2.95. The minimum atomic E-state index is -0.658. The zero-order valence-corrected chi connectivity index (χ0v) is 15.3. The molecule has 27 heavy (non-hydrogen) atoms. The second-order valence-corrected chi connectivity index (χ2v) is 6.12. The standard InChI is InChI=1S/C15H10Cl2N4O5.H2O/c1-5-10(13(17)21(25)6(2)11(5)16)14-18-15(26-20-14)7-3-8(19-24)12(23)9(22)4-7;/h3-4H,1-2H3,(H2-,18,19,20,22,23,24,25);1H2. The molecule has 0 spiro atoms. The molecule has 0 aliphatic rings. The molecule has 4 N–H and O–H groups in total. The maximum Gasteiger partial charge on any atom is 0.336 e. The van der Waals surface area contributed by atoms with Gasteiger partial charge in [0.2, 0.25) is 5.82 Å². The molecule has 0 atom stereocenters. The highest BCUT2D eigenvalue weighted by Gasteiger charge is 2.29. The number of aromatic nitrogens is 3. The summed E-state index contributed by atoms with van der Waals surface area (Å²) in [6.07, 6.45) is 0. The van der Waals surface area contributed by atoms with E-state index in [0.717, 1.165) is 6.07 Å². The van der Waals surface area contributed by atoms with Gasteiger partial charge in [0.15, 0.2) is 17.2 Å². The quantitative estimate of drug-likeness (QED) is 0.192. The highest BCUT2D eigenvalue weighted by molar-refractivity contribution is 6.34. The molecule has 0 amide bonds. The van der Waals surface area contributed by atoms with Crippen LogP contribution in [0.15, 0.2) is 21.8 Å². The predicted octanol–water partition coefficient (Wildman–Crippen LogP) is 3.48. The molecular weight excluding hydrogens is 403 g/mol. The molecule has 2 aromatic heterocycles. The number of pyridine rings is 1. The molecular formula is C15H12Cl2N4O6. The highest BCUT2D eigenvalue weighted by atomic mass is 35.5. The molecule has 3 aromatic rings. The van der Waals surface area contributed by atoms with Gasteiger partial charge in [-0.25, -0.2) is 0 Å². The molecule has 0 saturated carbocycles. The molecule has 0 radical (unpaired) electrons. The second kappa shape index (κ2) is 7.35. The smallest absolute Gasteiger partial charge is 0.336 e. The van der Waals surface area contributed by atoms with Gasteiger partial charge in [0.05, 0.1) is 0 Å². The van der Waals surface area contributed by atoms with Gasteiger partial charge in [0.25, 0.3) is 11.6 Å². The van der Waals surface area contributed by atoms with E-state index in [2.05, 4.69) is 15.3 Å². The Morgan fingerprint density at radius 3 is 2.52 bits per heavy atom. The molecule has 10 nitrogen and oxygen atoms in total. The number of rotatable bonds is 3. The van der Waals surface area contributed by atoms with Gasteiger partial charge in [-0.1, -0.05) is 16.8 Å². The summed E-state index contributed by atoms with van der Waals surface area (Å²) in [5.41, 5.74) is 0.872. The van der Waals surface area contributed by atoms with E-state index in [1.807, 2.05) is 0 Å². The molecule has 1 aromatic carbocycles. The second-order valence-electron chi connectivity index (χ2n) is 5.38. The SMILES string of the molecule is Cc1c(Cl)c(C)[n+](O)c(Cl)c1-c1noc(-c2cc(O)c(O)c(N=O)c2)n1.[OH-]. The van der Waals surface area contributed by atoms with E-state index < -0.39 is 11.5 Å². The van der Waals surface area contributed by atoms with Crippen LogP contribution in [0.3, 0.4) is 0 Å². The average Bonchev–Trinajstić information content (AvgIpc) is 3.10. The van der Waals surface area contributed by atoms with Crippen molar-refractivity contribution in [2.45, 2.75) is 13.8 Å². The molecule has 3 rings (SSSR count). The lowest BCUT2D eigenvalue weighted by molar-refractivity contribution is -0.906. The maximum absolute atomic E-state index is 10.7. The van der Waals surface area contributed by atoms with Gasteiger partial charge in [-0.2, -0.15) is 4.98 Å². The van der Waals surface area contributed by atoms with Gasteiger partial charge in [-0.05, 0) is 41.4 Å². The summed E-state index contributed by atoms with van der Waals surface area (Å²) in [4.78, 5) is 14.9. The number of aromatic hydroxyl groups is 2. The number of halogens is 2. The number of hydrogen-bond acceptors (Lipinski definition) is 9. The van der Waals surface area contributed by atoms with Crippen LogP contribution in [-0.2, 0) is 0 Å². The summed E-state index contributed by atoms with van der Waals surface area (Å²) < 4.78 is 5.83. The largest absolute Gasteiger partial charge is 0.870 e. The van der Waals surface area contributed by atoms with E-state index in [4.69, 9.17) is 27.7 Å². The Kier molecular flexibility index (Phi) is 5.54. The van der Waals surface area contributed by atoms with E-state index in [9.17, 15) is 20.3 Å². The zero-order valence-electron chi connectivity index (χ0n) is 13.8. The zero-order chi connectivity index (χ0) is 19.2. The lowest BCUT2D eigenvalue weighted by Crippen LogP contribution is -2.36. The lowest BCUT2D eigenvalue weighted by atomic mass is 10.1. The van der Waals surface area contributed by atoms with Gasteiger partial charge in [0.1, 0.15) is 10.6 Å². The molecule has 0 fully saturated rings. The summed E-state index contributed by atoms with van der Waals surface area (Å²) >= 11 is 12.3. The first-order chi connectivity index (χ1) is 12.3. The predicted molar refractivity (Wildman–Crippen MR) is 92.8 cm³/mol. The third-order valence-electron chi connectivity index (χ3n) is 3.80. The fourth-order valence-corrected chi connectivity index (χ4v) is 2.91. The van der Waals surface area contributed by atoms with E-state index in [0.29, 0.717) is 16.0 Å². The van der Waals surface area contributed by atoms with E-state index in [-0.39, 0.29) is 44.2 Å². The number of phenolic OH excluding ortho intramolecular Hbond substituents is 2. The summed E-state index contributed by atoms with van der Waals surface area (Å²) in [5.74, 6) is -1.27. The number of hydrogen-bond donors (Lipinski definition) is 3. The Bertz CT molecular complexity index is 1020. The Balaban J connectivity index is 0.00000261. The number of nitroso groups, excluding NO2 is 1. The first-order valence-corrected chi connectivity index (χ1v) is 7.85. The van der Waals surface area contributed by atoms with Crippen molar-refractivity contribution in [3.63, 3.8) is 0 Å². The third kappa shape index (κ3) is 3.25. The van der Waals surface area contributed by atoms with E-state index >= 15 is 0 Å². The van der Waals surface area contributed by atoms with Crippen LogP contribution in [0.1, 0.15) is 11.3 Å². The van der Waals surface area contributed by atoms with Crippen LogP contribution < -0.4 is 4.73 Å². The summed E-state index contributed by atoms with van der Waals surface area (Å²) in [5, 5.41) is 35.9. The van der Waals surface area contributed by atoms with Gasteiger partial charge >= 0.3 is 5.15 Å². The van der Waals surface area contributed by atoms with E-state index in [1.54, 1.807) is 13.8 Å². The minimum Gasteiger partial charge on any atom is -0.870 e. The van der Waals surface area contributed by atoms with Crippen molar-refractivity contribution in [2.75, 3.05) is 0 Å². The van der Waals surface area contributed by atoms with Crippen LogP contribution in [0.25, 0.3) is 22.8 Å². The molecule has 142 valence electrons. The molecule has 0 bridgehead atoms. The molecule has 2 heterocycles. The first kappa shape index (κ1) is 20.4. The van der Waals surface area contributed by atoms with Crippen molar-refractivity contribution in [3.05, 3.63) is 38.5 Å². The highest BCUT2D eigenvalue weighted by Crippen LogP contribution is 2.40. The van der Waals surface area contributed by atoms with Gasteiger partial charge in [0, 0.05) is 17.2 Å². The number of nitrogens with zero attached hydrogens (tertiary/aromatic N) is 4. The summed E-state index contributed by atoms with van der Waals surface area (Å²) in [7, 11) is 0. The van der Waals surface area contributed by atoms with Gasteiger partial charge in [-0.15, -0.1) is 4.91 Å². The third-order valence-corrected chi connectivity index (χ3v) is 4.70. The minimum absolute atomic E-state index is 0. The topological polar surface area (TPSA) is 163 Å². The molecule has 0 aliphatic heterocycles. The fourth-order valence-electron chi connectivity index (χ4n) is 2.38. The van der Waals surface area contributed by atoms with Crippen molar-refractivity contribution in [2.24, 2.45) is 5.18 Å². The number of benzene rings is 1. The molecule has 0 saturated heterocycles. The van der Waals surface area contributed by atoms with E-state index in [1.165, 1.54) is 6.07 Å². The van der Waals surface area contributed by atoms with Crippen molar-refractivity contribution in [3.8, 4) is 34.3 Å². The monoisotopic (exact) mass is 414 g/mol. The van der Waals surface area contributed by atoms with Gasteiger partial charge < -0.3 is 20.2 Å². The Morgan fingerprint density at radius 2 is 1.89 bits per heavy atom. The Morgan fingerprint density at radius 1 is 1.22 bits per heavy atom. The first-order valence-electron chi connectivity index (χ1n) is 7.09. The lowest BCUT2D eigenvalue weighted by Gasteiger charge is -2.05. The van der Waals surface area contributed by atoms with Crippen molar-refractivity contribution < 1.29 is 30.2 Å². The van der Waals surface area contributed by atoms with Crippen LogP contribution in [-0.4, -0.2) is 31.0 Å². The van der Waals surface area contributed by atoms with Crippen LogP contribution in [0.4, 0.5) is 5.69 Å². The van der Waals surface area contributed by atoms with Crippen LogP contribution >= 0.6 is 23.2 Å². The maximum atomic E-state index is 10.7. The molecule has 0 unspecified atom stereocenters. The Labute approximate surface area is 161 Å². The average molecular weight is 415 g/mol.